The summed E-state index contributed by atoms with van der Waals surface area (Å²) in [6.45, 7) is 5.08. The second kappa shape index (κ2) is 4.77. The van der Waals surface area contributed by atoms with E-state index >= 15 is 0 Å². The molecule has 82 valence electrons. The summed E-state index contributed by atoms with van der Waals surface area (Å²) in [5.41, 5.74) is 0. The quantitative estimate of drug-likeness (QED) is 0.826. The molecule has 1 aromatic rings. The van der Waals surface area contributed by atoms with Gasteiger partial charge in [0.05, 0.1) is 0 Å². The molecule has 1 atom stereocenters. The van der Waals surface area contributed by atoms with Crippen molar-refractivity contribution in [3.8, 4) is 0 Å². The highest BCUT2D eigenvalue weighted by Crippen LogP contribution is 2.23. The maximum Gasteiger partial charge on any atom is 0.171 e. The van der Waals surface area contributed by atoms with E-state index in [0.29, 0.717) is 11.2 Å². The van der Waals surface area contributed by atoms with Crippen molar-refractivity contribution in [2.24, 2.45) is 0 Å². The lowest BCUT2D eigenvalue weighted by Gasteiger charge is -2.36. The van der Waals surface area contributed by atoms with Crippen molar-refractivity contribution >= 4 is 17.4 Å². The van der Waals surface area contributed by atoms with Gasteiger partial charge in [-0.25, -0.2) is 9.97 Å². The van der Waals surface area contributed by atoms with Crippen molar-refractivity contribution < 1.29 is 0 Å². The number of rotatable bonds is 2. The molecular weight excluding hydrogens is 212 g/mol. The molecule has 2 heterocycles. The van der Waals surface area contributed by atoms with Gasteiger partial charge in [0.1, 0.15) is 0 Å². The first-order valence-electron chi connectivity index (χ1n) is 5.26. The van der Waals surface area contributed by atoms with Crippen LogP contribution in [0.15, 0.2) is 12.4 Å². The van der Waals surface area contributed by atoms with E-state index in [1.165, 1.54) is 0 Å². The molecule has 0 amide bonds. The standard InChI is InChI=1S/C10H15ClN4/c1-2-8-7-12-5-6-15(8)10-9(11)13-3-4-14-10/h3-4,8,12H,2,5-7H2,1H3. The van der Waals surface area contributed by atoms with E-state index in [2.05, 4.69) is 27.1 Å². The fraction of sp³-hybridized carbons (Fsp3) is 0.600. The Morgan fingerprint density at radius 2 is 2.33 bits per heavy atom. The second-order valence-electron chi connectivity index (χ2n) is 3.63. The molecule has 1 N–H and O–H groups in total. The summed E-state index contributed by atoms with van der Waals surface area (Å²) in [6.07, 6.45) is 4.39. The molecular formula is C10H15ClN4. The van der Waals surface area contributed by atoms with Crippen LogP contribution in [0.2, 0.25) is 5.15 Å². The van der Waals surface area contributed by atoms with Crippen molar-refractivity contribution in [3.63, 3.8) is 0 Å². The van der Waals surface area contributed by atoms with Crippen LogP contribution < -0.4 is 10.2 Å². The molecule has 5 heteroatoms. The molecule has 1 fully saturated rings. The first kappa shape index (κ1) is 10.6. The predicted octanol–water partition coefficient (Wildman–Crippen LogP) is 1.32. The van der Waals surface area contributed by atoms with Crippen LogP contribution in [0.1, 0.15) is 13.3 Å². The molecule has 4 nitrogen and oxygen atoms in total. The van der Waals surface area contributed by atoms with Gasteiger partial charge in [0.15, 0.2) is 11.0 Å². The lowest BCUT2D eigenvalue weighted by Crippen LogP contribution is -2.51. The number of nitrogens with one attached hydrogen (secondary N) is 1. The summed E-state index contributed by atoms with van der Waals surface area (Å²) >= 11 is 6.04. The highest BCUT2D eigenvalue weighted by molar-refractivity contribution is 6.31. The Morgan fingerprint density at radius 3 is 3.07 bits per heavy atom. The first-order chi connectivity index (χ1) is 7.33. The van der Waals surface area contributed by atoms with Gasteiger partial charge in [0, 0.05) is 38.1 Å². The molecule has 1 aliphatic rings. The maximum atomic E-state index is 6.04. The van der Waals surface area contributed by atoms with E-state index in [-0.39, 0.29) is 0 Å². The van der Waals surface area contributed by atoms with Crippen molar-refractivity contribution in [3.05, 3.63) is 17.5 Å². The number of aromatic nitrogens is 2. The van der Waals surface area contributed by atoms with Crippen LogP contribution in [0.25, 0.3) is 0 Å². The van der Waals surface area contributed by atoms with Crippen LogP contribution in [0.3, 0.4) is 0 Å². The highest BCUT2D eigenvalue weighted by atomic mass is 35.5. The minimum absolute atomic E-state index is 0.466. The van der Waals surface area contributed by atoms with Gasteiger partial charge < -0.3 is 10.2 Å². The Balaban J connectivity index is 2.24. The third-order valence-electron chi connectivity index (χ3n) is 2.73. The largest absolute Gasteiger partial charge is 0.349 e. The summed E-state index contributed by atoms with van der Waals surface area (Å²) in [5, 5.41) is 3.87. The summed E-state index contributed by atoms with van der Waals surface area (Å²) in [4.78, 5) is 10.6. The van der Waals surface area contributed by atoms with Crippen LogP contribution in [-0.4, -0.2) is 35.6 Å². The van der Waals surface area contributed by atoms with Gasteiger partial charge in [0.2, 0.25) is 0 Å². The number of hydrogen-bond acceptors (Lipinski definition) is 4. The molecule has 1 saturated heterocycles. The molecule has 1 aromatic heterocycles. The van der Waals surface area contributed by atoms with Crippen molar-refractivity contribution in [2.75, 3.05) is 24.5 Å². The summed E-state index contributed by atoms with van der Waals surface area (Å²) < 4.78 is 0. The van der Waals surface area contributed by atoms with Crippen molar-refractivity contribution in [1.82, 2.24) is 15.3 Å². The molecule has 0 saturated carbocycles. The number of anilines is 1. The molecule has 0 spiro atoms. The van der Waals surface area contributed by atoms with Crippen LogP contribution in [0.5, 0.6) is 0 Å². The Labute approximate surface area is 94.7 Å². The molecule has 0 radical (unpaired) electrons. The number of halogens is 1. The Bertz CT molecular complexity index is 331. The van der Waals surface area contributed by atoms with Gasteiger partial charge in [-0.1, -0.05) is 18.5 Å². The molecule has 1 aliphatic heterocycles. The van der Waals surface area contributed by atoms with Gasteiger partial charge in [-0.15, -0.1) is 0 Å². The SMILES string of the molecule is CCC1CNCCN1c1nccnc1Cl. The fourth-order valence-corrected chi connectivity index (χ4v) is 2.12. The first-order valence-corrected chi connectivity index (χ1v) is 5.64. The normalized spacial score (nSPS) is 21.7. The fourth-order valence-electron chi connectivity index (χ4n) is 1.91. The van der Waals surface area contributed by atoms with E-state index < -0.39 is 0 Å². The zero-order valence-corrected chi connectivity index (χ0v) is 9.54. The van der Waals surface area contributed by atoms with Crippen LogP contribution in [0, 0.1) is 0 Å². The van der Waals surface area contributed by atoms with Crippen LogP contribution in [-0.2, 0) is 0 Å². The van der Waals surface area contributed by atoms with Gasteiger partial charge in [-0.05, 0) is 6.42 Å². The lowest BCUT2D eigenvalue weighted by molar-refractivity contribution is 0.463. The monoisotopic (exact) mass is 226 g/mol. The van der Waals surface area contributed by atoms with E-state index in [1.54, 1.807) is 12.4 Å². The number of hydrogen-bond donors (Lipinski definition) is 1. The average Bonchev–Trinajstić information content (AvgIpc) is 2.30. The van der Waals surface area contributed by atoms with Crippen LogP contribution >= 0.6 is 11.6 Å². The summed E-state index contributed by atoms with van der Waals surface area (Å²) in [7, 11) is 0. The third kappa shape index (κ3) is 2.21. The highest BCUT2D eigenvalue weighted by Gasteiger charge is 2.23. The minimum atomic E-state index is 0.466. The minimum Gasteiger partial charge on any atom is -0.349 e. The maximum absolute atomic E-state index is 6.04. The number of piperazine rings is 1. The molecule has 2 rings (SSSR count). The van der Waals surface area contributed by atoms with E-state index in [9.17, 15) is 0 Å². The summed E-state index contributed by atoms with van der Waals surface area (Å²) in [6, 6.07) is 0.466. The Kier molecular flexibility index (Phi) is 3.38. The lowest BCUT2D eigenvalue weighted by atomic mass is 10.1. The second-order valence-corrected chi connectivity index (χ2v) is 3.99. The van der Waals surface area contributed by atoms with E-state index in [0.717, 1.165) is 31.9 Å². The zero-order valence-electron chi connectivity index (χ0n) is 8.78. The average molecular weight is 227 g/mol. The third-order valence-corrected chi connectivity index (χ3v) is 3.00. The van der Waals surface area contributed by atoms with Crippen molar-refractivity contribution in [1.29, 1.82) is 0 Å². The Morgan fingerprint density at radius 1 is 1.53 bits per heavy atom. The molecule has 0 aliphatic carbocycles. The molecule has 15 heavy (non-hydrogen) atoms. The van der Waals surface area contributed by atoms with Crippen molar-refractivity contribution in [2.45, 2.75) is 19.4 Å². The molecule has 0 aromatic carbocycles. The van der Waals surface area contributed by atoms with Gasteiger partial charge in [0.25, 0.3) is 0 Å². The van der Waals surface area contributed by atoms with Crippen LogP contribution in [0.4, 0.5) is 5.82 Å². The van der Waals surface area contributed by atoms with Gasteiger partial charge in [-0.2, -0.15) is 0 Å². The topological polar surface area (TPSA) is 41.0 Å². The molecule has 0 bridgehead atoms. The predicted molar refractivity (Wildman–Crippen MR) is 61.3 cm³/mol. The Hall–Kier alpha value is -0.870. The van der Waals surface area contributed by atoms with E-state index in [4.69, 9.17) is 11.6 Å². The van der Waals surface area contributed by atoms with Gasteiger partial charge >= 0.3 is 0 Å². The van der Waals surface area contributed by atoms with E-state index in [1.807, 2.05) is 0 Å². The smallest absolute Gasteiger partial charge is 0.171 e. The van der Waals surface area contributed by atoms with Gasteiger partial charge in [-0.3, -0.25) is 0 Å². The zero-order chi connectivity index (χ0) is 10.7. The summed E-state index contributed by atoms with van der Waals surface area (Å²) in [5.74, 6) is 0.813. The molecule has 1 unspecified atom stereocenters. The number of nitrogens with zero attached hydrogens (tertiary/aromatic N) is 3.